The molecule has 3 rings (SSSR count). The van der Waals surface area contributed by atoms with E-state index >= 15 is 0 Å². The molecule has 0 spiro atoms. The molecule has 0 amide bonds. The van der Waals surface area contributed by atoms with E-state index in [-0.39, 0.29) is 5.69 Å². The molecule has 0 fully saturated rings. The van der Waals surface area contributed by atoms with E-state index in [1.54, 1.807) is 6.33 Å². The summed E-state index contributed by atoms with van der Waals surface area (Å²) in [6.45, 7) is 7.72. The fraction of sp³-hybridized carbons (Fsp3) is 0.353. The molecule has 0 aliphatic rings. The van der Waals surface area contributed by atoms with E-state index in [9.17, 15) is 8.78 Å². The summed E-state index contributed by atoms with van der Waals surface area (Å²) in [4.78, 5) is 0. The SMILES string of the molecule is CCn1cnnc1CNCc1c(C)nn(-c2ccc(F)cc2F)c1C. The highest BCUT2D eigenvalue weighted by Gasteiger charge is 2.15. The van der Waals surface area contributed by atoms with Gasteiger partial charge in [-0.25, -0.2) is 13.5 Å². The Morgan fingerprint density at radius 1 is 1.16 bits per heavy atom. The van der Waals surface area contributed by atoms with Crippen molar-refractivity contribution in [3.8, 4) is 5.69 Å². The lowest BCUT2D eigenvalue weighted by Gasteiger charge is -2.08. The van der Waals surface area contributed by atoms with Crippen LogP contribution in [0.3, 0.4) is 0 Å². The van der Waals surface area contributed by atoms with E-state index < -0.39 is 11.6 Å². The molecule has 2 heterocycles. The molecule has 6 nitrogen and oxygen atoms in total. The summed E-state index contributed by atoms with van der Waals surface area (Å²) in [5, 5.41) is 15.7. The maximum absolute atomic E-state index is 14.0. The number of hydrogen-bond donors (Lipinski definition) is 1. The molecular formula is C17H20F2N6. The molecule has 25 heavy (non-hydrogen) atoms. The summed E-state index contributed by atoms with van der Waals surface area (Å²) in [5.41, 5.74) is 2.82. The number of benzene rings is 1. The molecule has 0 saturated heterocycles. The van der Waals surface area contributed by atoms with E-state index in [0.29, 0.717) is 13.1 Å². The maximum Gasteiger partial charge on any atom is 0.151 e. The number of aryl methyl sites for hydroxylation is 2. The molecule has 0 aliphatic carbocycles. The smallest absolute Gasteiger partial charge is 0.151 e. The normalized spacial score (nSPS) is 11.2. The van der Waals surface area contributed by atoms with E-state index in [2.05, 4.69) is 20.6 Å². The summed E-state index contributed by atoms with van der Waals surface area (Å²) >= 11 is 0. The van der Waals surface area contributed by atoms with Gasteiger partial charge in [-0.3, -0.25) is 0 Å². The van der Waals surface area contributed by atoms with Gasteiger partial charge in [-0.1, -0.05) is 0 Å². The molecule has 132 valence electrons. The standard InChI is InChI=1S/C17H20F2N6/c1-4-24-10-21-22-17(24)9-20-8-14-11(2)23-25(12(14)3)16-6-5-13(18)7-15(16)19/h5-7,10,20H,4,8-9H2,1-3H3. The van der Waals surface area contributed by atoms with Crippen LogP contribution in [0.4, 0.5) is 8.78 Å². The van der Waals surface area contributed by atoms with Crippen molar-refractivity contribution in [3.63, 3.8) is 0 Å². The van der Waals surface area contributed by atoms with Gasteiger partial charge in [0.1, 0.15) is 23.7 Å². The van der Waals surface area contributed by atoms with E-state index in [4.69, 9.17) is 0 Å². The van der Waals surface area contributed by atoms with Crippen molar-refractivity contribution in [2.45, 2.75) is 40.4 Å². The van der Waals surface area contributed by atoms with E-state index in [1.807, 2.05) is 25.3 Å². The van der Waals surface area contributed by atoms with Crippen molar-refractivity contribution in [1.29, 1.82) is 0 Å². The highest BCUT2D eigenvalue weighted by molar-refractivity contribution is 5.38. The van der Waals surface area contributed by atoms with Crippen molar-refractivity contribution in [2.24, 2.45) is 0 Å². The van der Waals surface area contributed by atoms with Gasteiger partial charge in [0, 0.05) is 30.4 Å². The molecule has 1 N–H and O–H groups in total. The number of aromatic nitrogens is 5. The Bertz CT molecular complexity index is 883. The van der Waals surface area contributed by atoms with Crippen LogP contribution in [0, 0.1) is 25.5 Å². The Morgan fingerprint density at radius 3 is 2.68 bits per heavy atom. The van der Waals surface area contributed by atoms with Crippen LogP contribution in [0.15, 0.2) is 24.5 Å². The molecule has 0 aliphatic heterocycles. The van der Waals surface area contributed by atoms with Crippen LogP contribution in [0.1, 0.15) is 29.7 Å². The molecule has 1 aromatic carbocycles. The minimum Gasteiger partial charge on any atom is -0.317 e. The first-order valence-corrected chi connectivity index (χ1v) is 8.09. The number of hydrogen-bond acceptors (Lipinski definition) is 4. The first-order chi connectivity index (χ1) is 12.0. The van der Waals surface area contributed by atoms with Gasteiger partial charge in [0.15, 0.2) is 5.82 Å². The van der Waals surface area contributed by atoms with Crippen LogP contribution >= 0.6 is 0 Å². The number of halogens is 2. The molecule has 3 aromatic rings. The third kappa shape index (κ3) is 3.43. The Morgan fingerprint density at radius 2 is 1.96 bits per heavy atom. The Hall–Kier alpha value is -2.61. The first kappa shape index (κ1) is 17.2. The van der Waals surface area contributed by atoms with Crippen molar-refractivity contribution in [1.82, 2.24) is 29.9 Å². The highest BCUT2D eigenvalue weighted by Crippen LogP contribution is 2.20. The molecule has 0 unspecified atom stereocenters. The lowest BCUT2D eigenvalue weighted by atomic mass is 10.2. The van der Waals surface area contributed by atoms with Crippen molar-refractivity contribution in [3.05, 3.63) is 58.9 Å². The Labute approximate surface area is 144 Å². The fourth-order valence-corrected chi connectivity index (χ4v) is 2.80. The first-order valence-electron chi connectivity index (χ1n) is 8.09. The Kier molecular flexibility index (Phi) is 4.89. The van der Waals surface area contributed by atoms with E-state index in [0.717, 1.165) is 35.4 Å². The average molecular weight is 346 g/mol. The third-order valence-electron chi connectivity index (χ3n) is 4.20. The molecule has 8 heteroatoms. The van der Waals surface area contributed by atoms with Crippen LogP contribution in [0.2, 0.25) is 0 Å². The summed E-state index contributed by atoms with van der Waals surface area (Å²) < 4.78 is 30.6. The van der Waals surface area contributed by atoms with Crippen LogP contribution in [-0.4, -0.2) is 24.5 Å². The number of nitrogens with one attached hydrogen (secondary N) is 1. The lowest BCUT2D eigenvalue weighted by Crippen LogP contribution is -2.17. The molecule has 0 saturated carbocycles. The summed E-state index contributed by atoms with van der Waals surface area (Å²) in [5.74, 6) is -0.388. The molecule has 0 radical (unpaired) electrons. The summed E-state index contributed by atoms with van der Waals surface area (Å²) in [6, 6.07) is 3.48. The predicted molar refractivity (Wildman–Crippen MR) is 89.2 cm³/mol. The zero-order valence-corrected chi connectivity index (χ0v) is 14.4. The number of nitrogens with zero attached hydrogens (tertiary/aromatic N) is 5. The van der Waals surface area contributed by atoms with Crippen LogP contribution in [0.5, 0.6) is 0 Å². The largest absolute Gasteiger partial charge is 0.317 e. The van der Waals surface area contributed by atoms with Crippen LogP contribution in [-0.2, 0) is 19.6 Å². The monoisotopic (exact) mass is 346 g/mol. The minimum atomic E-state index is -0.638. The number of rotatable bonds is 6. The van der Waals surface area contributed by atoms with Gasteiger partial charge >= 0.3 is 0 Å². The van der Waals surface area contributed by atoms with Gasteiger partial charge < -0.3 is 9.88 Å². The molecular weight excluding hydrogens is 326 g/mol. The average Bonchev–Trinajstić information content (AvgIpc) is 3.14. The van der Waals surface area contributed by atoms with Gasteiger partial charge in [-0.15, -0.1) is 10.2 Å². The zero-order chi connectivity index (χ0) is 18.0. The molecule has 2 aromatic heterocycles. The van der Waals surface area contributed by atoms with Gasteiger partial charge in [0.25, 0.3) is 0 Å². The second-order valence-electron chi connectivity index (χ2n) is 5.79. The van der Waals surface area contributed by atoms with Gasteiger partial charge in [-0.2, -0.15) is 5.10 Å². The minimum absolute atomic E-state index is 0.235. The summed E-state index contributed by atoms with van der Waals surface area (Å²) in [7, 11) is 0. The van der Waals surface area contributed by atoms with Gasteiger partial charge in [0.2, 0.25) is 0 Å². The van der Waals surface area contributed by atoms with Crippen molar-refractivity contribution in [2.75, 3.05) is 0 Å². The molecule has 0 atom stereocenters. The Balaban J connectivity index is 1.78. The highest BCUT2D eigenvalue weighted by atomic mass is 19.1. The second-order valence-corrected chi connectivity index (χ2v) is 5.79. The topological polar surface area (TPSA) is 60.6 Å². The summed E-state index contributed by atoms with van der Waals surface area (Å²) in [6.07, 6.45) is 1.70. The van der Waals surface area contributed by atoms with E-state index in [1.165, 1.54) is 16.8 Å². The van der Waals surface area contributed by atoms with Crippen molar-refractivity contribution >= 4 is 0 Å². The molecule has 0 bridgehead atoms. The lowest BCUT2D eigenvalue weighted by molar-refractivity contribution is 0.572. The van der Waals surface area contributed by atoms with Gasteiger partial charge in [0.05, 0.1) is 12.2 Å². The van der Waals surface area contributed by atoms with Crippen molar-refractivity contribution < 1.29 is 8.78 Å². The third-order valence-corrected chi connectivity index (χ3v) is 4.20. The second kappa shape index (κ2) is 7.10. The predicted octanol–water partition coefficient (Wildman–Crippen LogP) is 2.67. The quantitative estimate of drug-likeness (QED) is 0.745. The zero-order valence-electron chi connectivity index (χ0n) is 14.4. The maximum atomic E-state index is 14.0. The van der Waals surface area contributed by atoms with Crippen LogP contribution < -0.4 is 5.32 Å². The van der Waals surface area contributed by atoms with Gasteiger partial charge in [-0.05, 0) is 32.9 Å². The van der Waals surface area contributed by atoms with Crippen LogP contribution in [0.25, 0.3) is 5.69 Å². The fourth-order valence-electron chi connectivity index (χ4n) is 2.80.